The van der Waals surface area contributed by atoms with Gasteiger partial charge in [0, 0.05) is 25.8 Å². The van der Waals surface area contributed by atoms with E-state index in [9.17, 15) is 0 Å². The van der Waals surface area contributed by atoms with Gasteiger partial charge in [0.25, 0.3) is 0 Å². The van der Waals surface area contributed by atoms with Gasteiger partial charge in [-0.25, -0.2) is 4.98 Å². The van der Waals surface area contributed by atoms with Crippen molar-refractivity contribution in [2.75, 3.05) is 17.7 Å². The average molecular weight is 430 g/mol. The SMILES string of the molecule is C[Si](C)(C)CCOCn1c(SCCCCCBr)nc2ccccc21. The molecule has 1 aromatic heterocycles. The van der Waals surface area contributed by atoms with Gasteiger partial charge in [-0.3, -0.25) is 4.57 Å². The zero-order chi connectivity index (χ0) is 17.4. The first kappa shape index (κ1) is 20.0. The number of benzene rings is 1. The summed E-state index contributed by atoms with van der Waals surface area (Å²) in [6, 6.07) is 9.56. The van der Waals surface area contributed by atoms with Crippen LogP contribution < -0.4 is 0 Å². The van der Waals surface area contributed by atoms with Crippen molar-refractivity contribution in [1.82, 2.24) is 9.55 Å². The van der Waals surface area contributed by atoms with Crippen LogP contribution in [0.2, 0.25) is 25.7 Å². The van der Waals surface area contributed by atoms with Gasteiger partial charge < -0.3 is 4.74 Å². The second-order valence-electron chi connectivity index (χ2n) is 7.26. The van der Waals surface area contributed by atoms with Crippen molar-refractivity contribution in [1.29, 1.82) is 0 Å². The summed E-state index contributed by atoms with van der Waals surface area (Å²) < 4.78 is 8.22. The molecule has 0 atom stereocenters. The van der Waals surface area contributed by atoms with Crippen LogP contribution in [0.5, 0.6) is 0 Å². The van der Waals surface area contributed by atoms with E-state index < -0.39 is 8.07 Å². The highest BCUT2D eigenvalue weighted by molar-refractivity contribution is 9.09. The summed E-state index contributed by atoms with van der Waals surface area (Å²) in [4.78, 5) is 4.80. The van der Waals surface area contributed by atoms with Crippen molar-refractivity contribution < 1.29 is 4.74 Å². The number of rotatable bonds is 11. The van der Waals surface area contributed by atoms with Gasteiger partial charge in [0.05, 0.1) is 11.0 Å². The predicted octanol–water partition coefficient (Wildman–Crippen LogP) is 6.01. The minimum Gasteiger partial charge on any atom is -0.361 e. The number of imidazole rings is 1. The highest BCUT2D eigenvalue weighted by atomic mass is 79.9. The minimum atomic E-state index is -1.04. The molecule has 0 saturated carbocycles. The van der Waals surface area contributed by atoms with Crippen molar-refractivity contribution in [3.05, 3.63) is 24.3 Å². The molecule has 3 nitrogen and oxygen atoms in total. The average Bonchev–Trinajstić information content (AvgIpc) is 2.88. The summed E-state index contributed by atoms with van der Waals surface area (Å²) in [6.45, 7) is 8.61. The standard InChI is InChI=1S/C18H29BrN2OSSi/c1-24(2,3)14-12-22-15-21-17-10-6-5-9-16(17)20-18(21)23-13-8-4-7-11-19/h5-6,9-10H,4,7-8,11-15H2,1-3H3. The van der Waals surface area contributed by atoms with E-state index in [1.54, 1.807) is 0 Å². The van der Waals surface area contributed by atoms with Crippen LogP contribution in [0, 0.1) is 0 Å². The molecule has 2 aromatic rings. The van der Waals surface area contributed by atoms with E-state index in [4.69, 9.17) is 9.72 Å². The fraction of sp³-hybridized carbons (Fsp3) is 0.611. The van der Waals surface area contributed by atoms with Crippen LogP contribution in [0.25, 0.3) is 11.0 Å². The Kier molecular flexibility index (Phi) is 8.33. The molecule has 134 valence electrons. The fourth-order valence-electron chi connectivity index (χ4n) is 2.36. The lowest BCUT2D eigenvalue weighted by Gasteiger charge is -2.16. The van der Waals surface area contributed by atoms with E-state index in [-0.39, 0.29) is 0 Å². The largest absolute Gasteiger partial charge is 0.361 e. The molecule has 0 spiro atoms. The molecule has 0 aliphatic carbocycles. The fourth-order valence-corrected chi connectivity index (χ4v) is 4.51. The lowest BCUT2D eigenvalue weighted by Crippen LogP contribution is -2.22. The minimum absolute atomic E-state index is 0.606. The first-order chi connectivity index (χ1) is 11.5. The van der Waals surface area contributed by atoms with E-state index in [2.05, 4.69) is 64.4 Å². The zero-order valence-electron chi connectivity index (χ0n) is 15.1. The molecule has 1 heterocycles. The number of hydrogen-bond donors (Lipinski definition) is 0. The number of unbranched alkanes of at least 4 members (excludes halogenated alkanes) is 2. The molecular weight excluding hydrogens is 400 g/mol. The quantitative estimate of drug-likeness (QED) is 0.190. The van der Waals surface area contributed by atoms with Crippen LogP contribution in [0.4, 0.5) is 0 Å². The summed E-state index contributed by atoms with van der Waals surface area (Å²) in [5, 5.41) is 2.18. The number of fused-ring (bicyclic) bond motifs is 1. The number of para-hydroxylation sites is 2. The Morgan fingerprint density at radius 1 is 1.17 bits per heavy atom. The molecule has 6 heteroatoms. The lowest BCUT2D eigenvalue weighted by atomic mass is 10.3. The van der Waals surface area contributed by atoms with Gasteiger partial charge in [-0.1, -0.05) is 65.9 Å². The van der Waals surface area contributed by atoms with Gasteiger partial charge >= 0.3 is 0 Å². The maximum Gasteiger partial charge on any atom is 0.170 e. The zero-order valence-corrected chi connectivity index (χ0v) is 18.5. The first-order valence-electron chi connectivity index (χ1n) is 8.73. The van der Waals surface area contributed by atoms with Gasteiger partial charge in [-0.2, -0.15) is 0 Å². The molecule has 24 heavy (non-hydrogen) atoms. The molecular formula is C18H29BrN2OSSi. The first-order valence-corrected chi connectivity index (χ1v) is 14.5. The highest BCUT2D eigenvalue weighted by Gasteiger charge is 2.14. The molecule has 0 aliphatic heterocycles. The number of halogens is 1. The molecule has 0 radical (unpaired) electrons. The third-order valence-electron chi connectivity index (χ3n) is 3.85. The van der Waals surface area contributed by atoms with Crippen molar-refractivity contribution in [3.8, 4) is 0 Å². The second-order valence-corrected chi connectivity index (χ2v) is 14.7. The van der Waals surface area contributed by atoms with E-state index in [1.807, 2.05) is 11.8 Å². The summed E-state index contributed by atoms with van der Waals surface area (Å²) in [5.74, 6) is 1.12. The maximum atomic E-state index is 5.99. The van der Waals surface area contributed by atoms with Crippen LogP contribution in [0.1, 0.15) is 19.3 Å². The van der Waals surface area contributed by atoms with Gasteiger partial charge in [0.2, 0.25) is 0 Å². The lowest BCUT2D eigenvalue weighted by molar-refractivity contribution is 0.0843. The van der Waals surface area contributed by atoms with E-state index in [1.165, 1.54) is 30.8 Å². The van der Waals surface area contributed by atoms with Gasteiger partial charge in [0.1, 0.15) is 6.73 Å². The smallest absolute Gasteiger partial charge is 0.170 e. The van der Waals surface area contributed by atoms with Crippen LogP contribution in [0.3, 0.4) is 0 Å². The predicted molar refractivity (Wildman–Crippen MR) is 112 cm³/mol. The number of alkyl halides is 1. The third kappa shape index (κ3) is 6.54. The van der Waals surface area contributed by atoms with Crippen LogP contribution in [-0.2, 0) is 11.5 Å². The Labute approximate surface area is 159 Å². The molecule has 0 saturated heterocycles. The monoisotopic (exact) mass is 428 g/mol. The number of nitrogens with zero attached hydrogens (tertiary/aromatic N) is 2. The van der Waals surface area contributed by atoms with Gasteiger partial charge in [-0.15, -0.1) is 0 Å². The second kappa shape index (κ2) is 9.99. The van der Waals surface area contributed by atoms with Crippen LogP contribution in [-0.4, -0.2) is 35.3 Å². The van der Waals surface area contributed by atoms with E-state index in [0.717, 1.165) is 28.4 Å². The van der Waals surface area contributed by atoms with Gasteiger partial charge in [-0.05, 0) is 31.0 Å². The number of ether oxygens (including phenoxy) is 1. The molecule has 0 fully saturated rings. The normalized spacial score (nSPS) is 12.2. The molecule has 0 bridgehead atoms. The number of hydrogen-bond acceptors (Lipinski definition) is 3. The van der Waals surface area contributed by atoms with E-state index >= 15 is 0 Å². The summed E-state index contributed by atoms with van der Waals surface area (Å²) in [5.41, 5.74) is 2.24. The van der Waals surface area contributed by atoms with E-state index in [0.29, 0.717) is 6.73 Å². The summed E-state index contributed by atoms with van der Waals surface area (Å²) in [7, 11) is -1.04. The molecule has 0 aliphatic rings. The Morgan fingerprint density at radius 3 is 2.71 bits per heavy atom. The Bertz CT molecular complexity index is 627. The molecule has 0 N–H and O–H groups in total. The highest BCUT2D eigenvalue weighted by Crippen LogP contribution is 2.25. The molecule has 0 amide bonds. The Morgan fingerprint density at radius 2 is 1.96 bits per heavy atom. The number of aromatic nitrogens is 2. The topological polar surface area (TPSA) is 27.1 Å². The van der Waals surface area contributed by atoms with Crippen molar-refractivity contribution in [3.63, 3.8) is 0 Å². The van der Waals surface area contributed by atoms with Crippen molar-refractivity contribution >= 4 is 46.8 Å². The van der Waals surface area contributed by atoms with Crippen molar-refractivity contribution in [2.24, 2.45) is 0 Å². The Hall–Kier alpha value is -0.303. The summed E-state index contributed by atoms with van der Waals surface area (Å²) in [6.07, 6.45) is 3.75. The Balaban J connectivity index is 1.98. The molecule has 1 aromatic carbocycles. The van der Waals surface area contributed by atoms with Gasteiger partial charge in [0.15, 0.2) is 5.16 Å². The summed E-state index contributed by atoms with van der Waals surface area (Å²) >= 11 is 5.35. The van der Waals surface area contributed by atoms with Crippen LogP contribution >= 0.6 is 27.7 Å². The van der Waals surface area contributed by atoms with Crippen LogP contribution in [0.15, 0.2) is 29.4 Å². The van der Waals surface area contributed by atoms with Crippen molar-refractivity contribution in [2.45, 2.75) is 56.8 Å². The molecule has 2 rings (SSSR count). The third-order valence-corrected chi connectivity index (χ3v) is 7.17. The molecule has 0 unspecified atom stereocenters. The number of thioether (sulfide) groups is 1. The maximum absolute atomic E-state index is 5.99.